The molecule has 0 spiro atoms. The first-order valence-electron chi connectivity index (χ1n) is 7.74. The summed E-state index contributed by atoms with van der Waals surface area (Å²) in [6, 6.07) is 14.5. The van der Waals surface area contributed by atoms with E-state index in [1.54, 1.807) is 31.2 Å². The van der Waals surface area contributed by atoms with Gasteiger partial charge in [0.15, 0.2) is 5.69 Å². The molecule has 0 radical (unpaired) electrons. The van der Waals surface area contributed by atoms with Gasteiger partial charge in [0.25, 0.3) is 5.91 Å². The number of aromatic nitrogens is 1. The number of rotatable bonds is 5. The Hall–Kier alpha value is -2.79. The molecule has 0 aliphatic rings. The van der Waals surface area contributed by atoms with E-state index in [1.165, 1.54) is 0 Å². The largest absolute Gasteiger partial charge is 0.489 e. The van der Waals surface area contributed by atoms with Gasteiger partial charge >= 0.3 is 0 Å². The highest BCUT2D eigenvalue weighted by molar-refractivity contribution is 6.30. The first kappa shape index (κ1) is 17.0. The zero-order valence-electron chi connectivity index (χ0n) is 13.9. The smallest absolute Gasteiger partial charge is 0.278 e. The molecule has 0 saturated carbocycles. The predicted molar refractivity (Wildman–Crippen MR) is 96.2 cm³/mol. The lowest BCUT2D eigenvalue weighted by molar-refractivity contribution is 0.101. The molecule has 128 valence electrons. The van der Waals surface area contributed by atoms with E-state index >= 15 is 0 Å². The zero-order valence-corrected chi connectivity index (χ0v) is 14.6. The lowest BCUT2D eigenvalue weighted by Gasteiger charge is -2.08. The minimum Gasteiger partial charge on any atom is -0.489 e. The second-order valence-corrected chi connectivity index (χ2v) is 6.07. The summed E-state index contributed by atoms with van der Waals surface area (Å²) in [6.45, 7) is 3.88. The number of ether oxygens (including phenoxy) is 1. The molecule has 6 heteroatoms. The molecule has 0 aliphatic carbocycles. The van der Waals surface area contributed by atoms with Gasteiger partial charge in [0, 0.05) is 10.7 Å². The Balaban J connectivity index is 1.74. The standard InChI is InChI=1S/C19H17ClN2O3/c1-12-4-3-5-15(10-12)21-19(23)18-17(13(2)25-22-18)11-24-16-8-6-14(20)7-9-16/h3-10H,11H2,1-2H3,(H,21,23). The zero-order chi connectivity index (χ0) is 17.8. The molecule has 0 saturated heterocycles. The summed E-state index contributed by atoms with van der Waals surface area (Å²) in [6.07, 6.45) is 0. The van der Waals surface area contributed by atoms with E-state index in [1.807, 2.05) is 31.2 Å². The van der Waals surface area contributed by atoms with Crippen LogP contribution in [-0.2, 0) is 6.61 Å². The van der Waals surface area contributed by atoms with Gasteiger partial charge in [0.05, 0.1) is 5.56 Å². The fourth-order valence-electron chi connectivity index (χ4n) is 2.34. The first-order valence-corrected chi connectivity index (χ1v) is 8.12. The molecule has 1 heterocycles. The van der Waals surface area contributed by atoms with E-state index in [9.17, 15) is 4.79 Å². The molecule has 1 amide bonds. The van der Waals surface area contributed by atoms with E-state index in [-0.39, 0.29) is 18.2 Å². The number of amides is 1. The highest BCUT2D eigenvalue weighted by Gasteiger charge is 2.20. The molecule has 0 bridgehead atoms. The molecule has 2 aromatic carbocycles. The number of anilines is 1. The number of hydrogen-bond acceptors (Lipinski definition) is 4. The Morgan fingerprint density at radius 3 is 2.68 bits per heavy atom. The fraction of sp³-hybridized carbons (Fsp3) is 0.158. The van der Waals surface area contributed by atoms with Crippen LogP contribution in [-0.4, -0.2) is 11.1 Å². The van der Waals surface area contributed by atoms with Gasteiger partial charge in [-0.05, 0) is 55.8 Å². The molecular weight excluding hydrogens is 340 g/mol. The predicted octanol–water partition coefficient (Wildman–Crippen LogP) is 4.78. The summed E-state index contributed by atoms with van der Waals surface area (Å²) in [5.74, 6) is 0.857. The maximum atomic E-state index is 12.5. The number of carbonyl (C=O) groups is 1. The maximum absolute atomic E-state index is 12.5. The fourth-order valence-corrected chi connectivity index (χ4v) is 2.46. The summed E-state index contributed by atoms with van der Waals surface area (Å²) in [7, 11) is 0. The number of nitrogens with one attached hydrogen (secondary N) is 1. The van der Waals surface area contributed by atoms with Crippen LogP contribution in [0.2, 0.25) is 5.02 Å². The molecule has 1 aromatic heterocycles. The van der Waals surface area contributed by atoms with Gasteiger partial charge in [0.2, 0.25) is 0 Å². The first-order chi connectivity index (χ1) is 12.0. The van der Waals surface area contributed by atoms with Crippen LogP contribution in [0.3, 0.4) is 0 Å². The third kappa shape index (κ3) is 4.19. The van der Waals surface area contributed by atoms with Crippen molar-refractivity contribution < 1.29 is 14.1 Å². The summed E-state index contributed by atoms with van der Waals surface area (Å²) >= 11 is 5.86. The minimum atomic E-state index is -0.336. The van der Waals surface area contributed by atoms with E-state index in [4.69, 9.17) is 20.9 Å². The van der Waals surface area contributed by atoms with Gasteiger partial charge in [-0.2, -0.15) is 0 Å². The van der Waals surface area contributed by atoms with Crippen LogP contribution < -0.4 is 10.1 Å². The second-order valence-electron chi connectivity index (χ2n) is 5.63. The number of nitrogens with zero attached hydrogens (tertiary/aromatic N) is 1. The molecule has 5 nitrogen and oxygen atoms in total. The molecule has 1 N–H and O–H groups in total. The number of benzene rings is 2. The topological polar surface area (TPSA) is 64.4 Å². The third-order valence-corrected chi connectivity index (χ3v) is 3.92. The van der Waals surface area contributed by atoms with Gasteiger partial charge in [-0.25, -0.2) is 0 Å². The number of halogens is 1. The van der Waals surface area contributed by atoms with Crippen LogP contribution in [0.4, 0.5) is 5.69 Å². The molecule has 0 fully saturated rings. The van der Waals surface area contributed by atoms with Crippen molar-refractivity contribution in [3.63, 3.8) is 0 Å². The van der Waals surface area contributed by atoms with Crippen molar-refractivity contribution in [2.75, 3.05) is 5.32 Å². The van der Waals surface area contributed by atoms with E-state index < -0.39 is 0 Å². The maximum Gasteiger partial charge on any atom is 0.278 e. The third-order valence-electron chi connectivity index (χ3n) is 3.67. The molecule has 3 aromatic rings. The van der Waals surface area contributed by atoms with Gasteiger partial charge in [-0.3, -0.25) is 4.79 Å². The Labute approximate surface area is 150 Å². The van der Waals surface area contributed by atoms with Crippen molar-refractivity contribution in [3.8, 4) is 5.75 Å². The molecule has 0 atom stereocenters. The Morgan fingerprint density at radius 2 is 1.96 bits per heavy atom. The van der Waals surface area contributed by atoms with Gasteiger partial charge in [-0.1, -0.05) is 28.9 Å². The minimum absolute atomic E-state index is 0.174. The van der Waals surface area contributed by atoms with Gasteiger partial charge in [0.1, 0.15) is 18.1 Å². The Morgan fingerprint density at radius 1 is 1.20 bits per heavy atom. The summed E-state index contributed by atoms with van der Waals surface area (Å²) in [4.78, 5) is 12.5. The van der Waals surface area contributed by atoms with E-state index in [0.29, 0.717) is 27.8 Å². The van der Waals surface area contributed by atoms with Crippen LogP contribution >= 0.6 is 11.6 Å². The van der Waals surface area contributed by atoms with Crippen molar-refractivity contribution >= 4 is 23.2 Å². The van der Waals surface area contributed by atoms with Crippen LogP contribution in [0.25, 0.3) is 0 Å². The summed E-state index contributed by atoms with van der Waals surface area (Å²) < 4.78 is 10.9. The Bertz CT molecular complexity index is 888. The highest BCUT2D eigenvalue weighted by atomic mass is 35.5. The van der Waals surface area contributed by atoms with E-state index in [2.05, 4.69) is 10.5 Å². The van der Waals surface area contributed by atoms with Gasteiger partial charge < -0.3 is 14.6 Å². The quantitative estimate of drug-likeness (QED) is 0.714. The SMILES string of the molecule is Cc1cccc(NC(=O)c2noc(C)c2COc2ccc(Cl)cc2)c1. The van der Waals surface area contributed by atoms with Crippen LogP contribution in [0.5, 0.6) is 5.75 Å². The van der Waals surface area contributed by atoms with Crippen molar-refractivity contribution in [2.24, 2.45) is 0 Å². The van der Waals surface area contributed by atoms with Crippen molar-refractivity contribution in [1.82, 2.24) is 5.16 Å². The molecule has 0 unspecified atom stereocenters. The number of hydrogen-bond donors (Lipinski definition) is 1. The normalized spacial score (nSPS) is 10.5. The van der Waals surface area contributed by atoms with Crippen molar-refractivity contribution in [2.45, 2.75) is 20.5 Å². The lowest BCUT2D eigenvalue weighted by Crippen LogP contribution is -2.15. The summed E-state index contributed by atoms with van der Waals surface area (Å²) in [5.41, 5.74) is 2.59. The number of carbonyl (C=O) groups excluding carboxylic acids is 1. The van der Waals surface area contributed by atoms with E-state index in [0.717, 1.165) is 5.56 Å². The average molecular weight is 357 g/mol. The average Bonchev–Trinajstić information content (AvgIpc) is 2.95. The van der Waals surface area contributed by atoms with Gasteiger partial charge in [-0.15, -0.1) is 0 Å². The molecule has 25 heavy (non-hydrogen) atoms. The van der Waals surface area contributed by atoms with Crippen LogP contribution in [0.15, 0.2) is 53.1 Å². The van der Waals surface area contributed by atoms with Crippen LogP contribution in [0.1, 0.15) is 27.4 Å². The molecular formula is C19H17ClN2O3. The second kappa shape index (κ2) is 7.40. The molecule has 0 aliphatic heterocycles. The number of aryl methyl sites for hydroxylation is 2. The van der Waals surface area contributed by atoms with Crippen molar-refractivity contribution in [1.29, 1.82) is 0 Å². The summed E-state index contributed by atoms with van der Waals surface area (Å²) in [5, 5.41) is 7.33. The van der Waals surface area contributed by atoms with Crippen molar-refractivity contribution in [3.05, 3.63) is 76.1 Å². The molecule has 3 rings (SSSR count). The Kier molecular flexibility index (Phi) is 5.05. The lowest BCUT2D eigenvalue weighted by atomic mass is 10.2. The monoisotopic (exact) mass is 356 g/mol. The van der Waals surface area contributed by atoms with Crippen LogP contribution in [0, 0.1) is 13.8 Å². The highest BCUT2D eigenvalue weighted by Crippen LogP contribution is 2.21.